The van der Waals surface area contributed by atoms with E-state index in [9.17, 15) is 0 Å². The Morgan fingerprint density at radius 3 is 2.11 bits per heavy atom. The van der Waals surface area contributed by atoms with E-state index in [4.69, 9.17) is 15.4 Å². The zero-order valence-corrected chi connectivity index (χ0v) is 5.63. The third-order valence-corrected chi connectivity index (χ3v) is 0.842. The molecule has 0 fully saturated rings. The minimum atomic E-state index is -1.05. The molecule has 0 saturated heterocycles. The maximum absolute atomic E-state index is 9.01. The van der Waals surface area contributed by atoms with Gasteiger partial charge in [0.25, 0.3) is 0 Å². The van der Waals surface area contributed by atoms with E-state index in [-0.39, 0.29) is 6.42 Å². The first kappa shape index (κ1) is 8.84. The van der Waals surface area contributed by atoms with Gasteiger partial charge in [-0.2, -0.15) is 5.48 Å². The van der Waals surface area contributed by atoms with Crippen LogP contribution in [0.4, 0.5) is 0 Å². The van der Waals surface area contributed by atoms with Crippen molar-refractivity contribution in [3.63, 3.8) is 0 Å². The molecule has 0 bridgehead atoms. The third-order valence-electron chi connectivity index (χ3n) is 0.842. The number of nitrogens with one attached hydrogen (secondary N) is 1. The Bertz CT molecular complexity index is 78.8. The minimum Gasteiger partial charge on any atom is -0.390 e. The van der Waals surface area contributed by atoms with Crippen molar-refractivity contribution in [2.45, 2.75) is 32.1 Å². The fourth-order valence-corrected chi connectivity index (χ4v) is 0.519. The van der Waals surface area contributed by atoms with Crippen LogP contribution in [0.25, 0.3) is 0 Å². The van der Waals surface area contributed by atoms with Crippen molar-refractivity contribution in [2.24, 2.45) is 0 Å². The normalized spacial score (nSPS) is 15.7. The van der Waals surface area contributed by atoms with Gasteiger partial charge in [0.05, 0.1) is 5.60 Å². The highest BCUT2D eigenvalue weighted by Crippen LogP contribution is 2.08. The smallest absolute Gasteiger partial charge is 0.129 e. The van der Waals surface area contributed by atoms with Crippen LogP contribution in [0.2, 0.25) is 0 Å². The highest BCUT2D eigenvalue weighted by atomic mass is 16.5. The fraction of sp³-hybridized carbons (Fsp3) is 1.00. The average Bonchev–Trinajstić information content (AvgIpc) is 1.62. The molecule has 1 atom stereocenters. The molecular formula is C5H13NO3. The maximum atomic E-state index is 9.01. The lowest BCUT2D eigenvalue weighted by molar-refractivity contribution is -0.0511. The van der Waals surface area contributed by atoms with Crippen LogP contribution in [-0.4, -0.2) is 27.2 Å². The summed E-state index contributed by atoms with van der Waals surface area (Å²) in [5, 5.41) is 25.8. The summed E-state index contributed by atoms with van der Waals surface area (Å²) in [6.07, 6.45) is -0.950. The van der Waals surface area contributed by atoms with Gasteiger partial charge in [0.1, 0.15) is 6.23 Å². The van der Waals surface area contributed by atoms with Crippen LogP contribution in [0.3, 0.4) is 0 Å². The molecule has 0 spiro atoms. The molecule has 0 aromatic heterocycles. The summed E-state index contributed by atoms with van der Waals surface area (Å²) >= 11 is 0. The second-order valence-electron chi connectivity index (χ2n) is 2.66. The van der Waals surface area contributed by atoms with E-state index in [1.807, 2.05) is 0 Å². The summed E-state index contributed by atoms with van der Waals surface area (Å²) in [6.45, 7) is 3.10. The van der Waals surface area contributed by atoms with Crippen molar-refractivity contribution in [3.8, 4) is 0 Å². The molecule has 9 heavy (non-hydrogen) atoms. The lowest BCUT2D eigenvalue weighted by Gasteiger charge is -2.19. The molecule has 0 heterocycles. The summed E-state index contributed by atoms with van der Waals surface area (Å²) in [5.74, 6) is 0. The molecule has 0 amide bonds. The standard InChI is InChI=1S/C5H13NO3/c1-5(2,8)3-4(7)6-9/h4,6-9H,3H2,1-2H3. The predicted molar refractivity (Wildman–Crippen MR) is 31.8 cm³/mol. The van der Waals surface area contributed by atoms with Gasteiger partial charge < -0.3 is 15.4 Å². The minimum absolute atomic E-state index is 0.101. The Kier molecular flexibility index (Phi) is 3.07. The first-order valence-electron chi connectivity index (χ1n) is 2.76. The zero-order chi connectivity index (χ0) is 7.49. The molecule has 0 rings (SSSR count). The molecule has 0 aromatic rings. The van der Waals surface area contributed by atoms with Gasteiger partial charge in [0, 0.05) is 6.42 Å². The summed E-state index contributed by atoms with van der Waals surface area (Å²) in [5.41, 5.74) is 0.668. The quantitative estimate of drug-likeness (QED) is 0.309. The second-order valence-corrected chi connectivity index (χ2v) is 2.66. The molecule has 0 aliphatic carbocycles. The molecule has 0 saturated carbocycles. The van der Waals surface area contributed by atoms with Crippen LogP contribution in [0, 0.1) is 0 Å². The summed E-state index contributed by atoms with van der Waals surface area (Å²) < 4.78 is 0. The van der Waals surface area contributed by atoms with E-state index >= 15 is 0 Å². The van der Waals surface area contributed by atoms with Gasteiger partial charge >= 0.3 is 0 Å². The number of aliphatic hydroxyl groups excluding tert-OH is 1. The molecular weight excluding hydrogens is 122 g/mol. The largest absolute Gasteiger partial charge is 0.390 e. The van der Waals surface area contributed by atoms with Crippen LogP contribution in [-0.2, 0) is 0 Å². The van der Waals surface area contributed by atoms with Gasteiger partial charge in [-0.15, -0.1) is 0 Å². The SMILES string of the molecule is CC(C)(O)CC(O)NO. The third kappa shape index (κ3) is 5.72. The fourth-order valence-electron chi connectivity index (χ4n) is 0.519. The topological polar surface area (TPSA) is 72.7 Å². The van der Waals surface area contributed by atoms with Crippen molar-refractivity contribution < 1.29 is 15.4 Å². The van der Waals surface area contributed by atoms with E-state index in [1.54, 1.807) is 19.3 Å². The van der Waals surface area contributed by atoms with Gasteiger partial charge in [0.15, 0.2) is 0 Å². The Balaban J connectivity index is 3.47. The number of hydrogen-bond acceptors (Lipinski definition) is 4. The van der Waals surface area contributed by atoms with Crippen molar-refractivity contribution in [1.29, 1.82) is 0 Å². The van der Waals surface area contributed by atoms with Gasteiger partial charge in [-0.3, -0.25) is 0 Å². The lowest BCUT2D eigenvalue weighted by atomic mass is 10.1. The summed E-state index contributed by atoms with van der Waals surface area (Å²) in [4.78, 5) is 0. The maximum Gasteiger partial charge on any atom is 0.129 e. The molecule has 4 N–H and O–H groups in total. The first-order valence-corrected chi connectivity index (χ1v) is 2.76. The first-order chi connectivity index (χ1) is 3.95. The Labute approximate surface area is 54.1 Å². The number of hydroxylamine groups is 1. The Morgan fingerprint density at radius 1 is 1.56 bits per heavy atom. The highest BCUT2D eigenvalue weighted by molar-refractivity contribution is 4.67. The molecule has 4 heteroatoms. The van der Waals surface area contributed by atoms with E-state index in [0.717, 1.165) is 0 Å². The molecule has 1 unspecified atom stereocenters. The number of aliphatic hydroxyl groups is 2. The molecule has 56 valence electrons. The van der Waals surface area contributed by atoms with Gasteiger partial charge in [-0.1, -0.05) is 0 Å². The average molecular weight is 135 g/mol. The molecule has 0 aliphatic heterocycles. The van der Waals surface area contributed by atoms with Crippen LogP contribution in [0.1, 0.15) is 20.3 Å². The Hall–Kier alpha value is -0.160. The number of rotatable bonds is 3. The van der Waals surface area contributed by atoms with Gasteiger partial charge in [-0.05, 0) is 13.8 Å². The lowest BCUT2D eigenvalue weighted by Crippen LogP contribution is -2.34. The second kappa shape index (κ2) is 3.12. The molecule has 4 nitrogen and oxygen atoms in total. The number of hydrogen-bond donors (Lipinski definition) is 4. The predicted octanol–water partition coefficient (Wildman–Crippen LogP) is -0.555. The van der Waals surface area contributed by atoms with E-state index in [1.165, 1.54) is 0 Å². The van der Waals surface area contributed by atoms with Gasteiger partial charge in [-0.25, -0.2) is 0 Å². The summed E-state index contributed by atoms with van der Waals surface area (Å²) in [7, 11) is 0. The van der Waals surface area contributed by atoms with E-state index in [2.05, 4.69) is 0 Å². The molecule has 0 aromatic carbocycles. The van der Waals surface area contributed by atoms with Crippen molar-refractivity contribution in [3.05, 3.63) is 0 Å². The zero-order valence-electron chi connectivity index (χ0n) is 5.63. The van der Waals surface area contributed by atoms with Crippen molar-refractivity contribution in [2.75, 3.05) is 0 Å². The monoisotopic (exact) mass is 135 g/mol. The van der Waals surface area contributed by atoms with Crippen LogP contribution in [0.5, 0.6) is 0 Å². The Morgan fingerprint density at radius 2 is 2.00 bits per heavy atom. The molecule has 0 aliphatic rings. The van der Waals surface area contributed by atoms with E-state index < -0.39 is 11.8 Å². The highest BCUT2D eigenvalue weighted by Gasteiger charge is 2.17. The van der Waals surface area contributed by atoms with Crippen LogP contribution in [0.15, 0.2) is 0 Å². The summed E-state index contributed by atoms with van der Waals surface area (Å²) in [6, 6.07) is 0. The van der Waals surface area contributed by atoms with E-state index in [0.29, 0.717) is 0 Å². The van der Waals surface area contributed by atoms with Gasteiger partial charge in [0.2, 0.25) is 0 Å². The van der Waals surface area contributed by atoms with Crippen LogP contribution < -0.4 is 5.48 Å². The van der Waals surface area contributed by atoms with Crippen molar-refractivity contribution >= 4 is 0 Å². The van der Waals surface area contributed by atoms with Crippen molar-refractivity contribution in [1.82, 2.24) is 5.48 Å². The van der Waals surface area contributed by atoms with Crippen LogP contribution >= 0.6 is 0 Å². The molecule has 0 radical (unpaired) electrons.